The number of hydrogen-bond acceptors (Lipinski definition) is 5. The van der Waals surface area contributed by atoms with Gasteiger partial charge in [-0.2, -0.15) is 0 Å². The van der Waals surface area contributed by atoms with E-state index in [2.05, 4.69) is 5.32 Å². The van der Waals surface area contributed by atoms with Crippen LogP contribution < -0.4 is 24.4 Å². The van der Waals surface area contributed by atoms with E-state index in [1.165, 1.54) is 0 Å². The molecule has 0 aliphatic carbocycles. The Morgan fingerprint density at radius 2 is 1.45 bits per heavy atom. The molecule has 0 spiro atoms. The summed E-state index contributed by atoms with van der Waals surface area (Å²) < 4.78 is 15.8. The molecule has 0 aromatic heterocycles. The van der Waals surface area contributed by atoms with Crippen molar-refractivity contribution in [3.05, 3.63) is 78.4 Å². The third-order valence-electron chi connectivity index (χ3n) is 5.80. The van der Waals surface area contributed by atoms with Gasteiger partial charge in [0, 0.05) is 23.9 Å². The van der Waals surface area contributed by atoms with Crippen molar-refractivity contribution in [2.45, 2.75) is 12.5 Å². The van der Waals surface area contributed by atoms with Gasteiger partial charge in [-0.3, -0.25) is 9.59 Å². The normalized spacial score (nSPS) is 17.5. The molecule has 1 fully saturated rings. The molecule has 1 saturated heterocycles. The van der Waals surface area contributed by atoms with Gasteiger partial charge in [0.25, 0.3) is 0 Å². The van der Waals surface area contributed by atoms with E-state index in [0.29, 0.717) is 28.6 Å². The van der Waals surface area contributed by atoms with Crippen LogP contribution in [0.3, 0.4) is 0 Å². The first-order chi connectivity index (χ1) is 16.0. The van der Waals surface area contributed by atoms with Crippen molar-refractivity contribution in [1.29, 1.82) is 0 Å². The van der Waals surface area contributed by atoms with E-state index < -0.39 is 12.0 Å². The molecule has 3 aromatic carbocycles. The van der Waals surface area contributed by atoms with Crippen LogP contribution in [0.1, 0.15) is 18.0 Å². The summed E-state index contributed by atoms with van der Waals surface area (Å²) in [4.78, 5) is 28.2. The molecule has 170 valence electrons. The van der Waals surface area contributed by atoms with E-state index in [1.807, 2.05) is 36.4 Å². The number of hydrogen-bond donors (Lipinski definition) is 1. The van der Waals surface area contributed by atoms with Gasteiger partial charge in [-0.25, -0.2) is 0 Å². The minimum Gasteiger partial charge on any atom is -0.497 e. The first-order valence-corrected chi connectivity index (χ1v) is 10.6. The molecular formula is C26H26N2O5. The Balaban J connectivity index is 1.69. The van der Waals surface area contributed by atoms with Crippen LogP contribution in [0, 0.1) is 5.92 Å². The standard InChI is InChI=1S/C26H26N2O5/c1-31-20-11-7-17(8-12-20)25-23(26(30)27-18-5-4-6-22(15-18)33-3)16-24(29)28(25)19-9-13-21(32-2)14-10-19/h4-15,23,25H,16H2,1-3H3,(H,27,30). The maximum atomic E-state index is 13.4. The van der Waals surface area contributed by atoms with Crippen LogP contribution in [0.25, 0.3) is 0 Å². The lowest BCUT2D eigenvalue weighted by Crippen LogP contribution is -2.32. The highest BCUT2D eigenvalue weighted by atomic mass is 16.5. The molecule has 1 heterocycles. The summed E-state index contributed by atoms with van der Waals surface area (Å²) in [5.41, 5.74) is 2.17. The Hall–Kier alpha value is -4.00. The number of nitrogens with zero attached hydrogens (tertiary/aromatic N) is 1. The Labute approximate surface area is 192 Å². The molecule has 0 saturated carbocycles. The predicted molar refractivity (Wildman–Crippen MR) is 126 cm³/mol. The fourth-order valence-corrected chi connectivity index (χ4v) is 4.13. The second kappa shape index (κ2) is 9.65. The maximum Gasteiger partial charge on any atom is 0.230 e. The summed E-state index contributed by atoms with van der Waals surface area (Å²) in [6.45, 7) is 0. The molecule has 1 aliphatic rings. The molecule has 4 rings (SSSR count). The first kappa shape index (κ1) is 22.2. The summed E-state index contributed by atoms with van der Waals surface area (Å²) in [6, 6.07) is 21.4. The van der Waals surface area contributed by atoms with Crippen molar-refractivity contribution in [2.24, 2.45) is 5.92 Å². The summed E-state index contributed by atoms with van der Waals surface area (Å²) in [7, 11) is 4.76. The van der Waals surface area contributed by atoms with Gasteiger partial charge in [-0.15, -0.1) is 0 Å². The molecule has 7 nitrogen and oxygen atoms in total. The Morgan fingerprint density at radius 1 is 0.848 bits per heavy atom. The van der Waals surface area contributed by atoms with Crippen molar-refractivity contribution in [3.8, 4) is 17.2 Å². The van der Waals surface area contributed by atoms with Gasteiger partial charge in [-0.05, 0) is 54.1 Å². The molecule has 0 bridgehead atoms. The van der Waals surface area contributed by atoms with E-state index in [1.54, 1.807) is 62.6 Å². The highest BCUT2D eigenvalue weighted by molar-refractivity contribution is 6.04. The number of carbonyl (C=O) groups is 2. The number of carbonyl (C=O) groups excluding carboxylic acids is 2. The van der Waals surface area contributed by atoms with Gasteiger partial charge in [0.1, 0.15) is 17.2 Å². The second-order valence-electron chi connectivity index (χ2n) is 7.71. The summed E-state index contributed by atoms with van der Waals surface area (Å²) in [5, 5.41) is 2.95. The van der Waals surface area contributed by atoms with Crippen molar-refractivity contribution in [2.75, 3.05) is 31.5 Å². The topological polar surface area (TPSA) is 77.1 Å². The molecule has 0 radical (unpaired) electrons. The number of methoxy groups -OCH3 is 3. The predicted octanol–water partition coefficient (Wildman–Crippen LogP) is 4.45. The van der Waals surface area contributed by atoms with Gasteiger partial charge in [0.05, 0.1) is 33.3 Å². The number of amides is 2. The fourth-order valence-electron chi connectivity index (χ4n) is 4.13. The molecule has 2 unspecified atom stereocenters. The Morgan fingerprint density at radius 3 is 2.06 bits per heavy atom. The number of ether oxygens (including phenoxy) is 3. The zero-order valence-corrected chi connectivity index (χ0v) is 18.8. The van der Waals surface area contributed by atoms with Gasteiger partial charge < -0.3 is 24.4 Å². The summed E-state index contributed by atoms with van der Waals surface area (Å²) in [6.07, 6.45) is 0.0958. The van der Waals surface area contributed by atoms with Crippen molar-refractivity contribution in [1.82, 2.24) is 0 Å². The summed E-state index contributed by atoms with van der Waals surface area (Å²) >= 11 is 0. The highest BCUT2D eigenvalue weighted by Gasteiger charge is 2.45. The minimum absolute atomic E-state index is 0.0958. The highest BCUT2D eigenvalue weighted by Crippen LogP contribution is 2.42. The van der Waals surface area contributed by atoms with Crippen LogP contribution in [0.2, 0.25) is 0 Å². The largest absolute Gasteiger partial charge is 0.497 e. The van der Waals surface area contributed by atoms with E-state index in [4.69, 9.17) is 14.2 Å². The lowest BCUT2D eigenvalue weighted by atomic mass is 9.92. The van der Waals surface area contributed by atoms with Crippen molar-refractivity contribution >= 4 is 23.2 Å². The zero-order valence-electron chi connectivity index (χ0n) is 18.8. The SMILES string of the molecule is COc1ccc(C2C(C(=O)Nc3cccc(OC)c3)CC(=O)N2c2ccc(OC)cc2)cc1. The molecule has 1 N–H and O–H groups in total. The maximum absolute atomic E-state index is 13.4. The van der Waals surface area contributed by atoms with Crippen molar-refractivity contribution < 1.29 is 23.8 Å². The average Bonchev–Trinajstić information content (AvgIpc) is 3.21. The van der Waals surface area contributed by atoms with Crippen LogP contribution in [-0.2, 0) is 9.59 Å². The van der Waals surface area contributed by atoms with Gasteiger partial charge >= 0.3 is 0 Å². The first-order valence-electron chi connectivity index (χ1n) is 10.6. The molecular weight excluding hydrogens is 420 g/mol. The zero-order chi connectivity index (χ0) is 23.4. The molecule has 2 atom stereocenters. The summed E-state index contributed by atoms with van der Waals surface area (Å²) in [5.74, 6) is 1.11. The number of nitrogens with one attached hydrogen (secondary N) is 1. The number of benzene rings is 3. The molecule has 2 amide bonds. The van der Waals surface area contributed by atoms with E-state index in [0.717, 1.165) is 5.56 Å². The lowest BCUT2D eigenvalue weighted by molar-refractivity contribution is -0.122. The van der Waals surface area contributed by atoms with E-state index in [9.17, 15) is 9.59 Å². The van der Waals surface area contributed by atoms with Crippen molar-refractivity contribution in [3.63, 3.8) is 0 Å². The number of rotatable bonds is 7. The van der Waals surface area contributed by atoms with E-state index >= 15 is 0 Å². The lowest BCUT2D eigenvalue weighted by Gasteiger charge is -2.28. The Bertz CT molecular complexity index is 1130. The number of anilines is 2. The third kappa shape index (κ3) is 4.62. The quantitative estimate of drug-likeness (QED) is 0.580. The third-order valence-corrected chi connectivity index (χ3v) is 5.80. The average molecular weight is 447 g/mol. The van der Waals surface area contributed by atoms with Gasteiger partial charge in [0.15, 0.2) is 0 Å². The van der Waals surface area contributed by atoms with Crippen LogP contribution in [0.4, 0.5) is 11.4 Å². The second-order valence-corrected chi connectivity index (χ2v) is 7.71. The monoisotopic (exact) mass is 446 g/mol. The smallest absolute Gasteiger partial charge is 0.230 e. The molecule has 7 heteroatoms. The van der Waals surface area contributed by atoms with Gasteiger partial charge in [-0.1, -0.05) is 18.2 Å². The van der Waals surface area contributed by atoms with E-state index in [-0.39, 0.29) is 18.2 Å². The molecule has 3 aromatic rings. The van der Waals surface area contributed by atoms with Crippen LogP contribution in [-0.4, -0.2) is 33.1 Å². The van der Waals surface area contributed by atoms with Gasteiger partial charge in [0.2, 0.25) is 11.8 Å². The Kier molecular flexibility index (Phi) is 6.49. The molecule has 1 aliphatic heterocycles. The van der Waals surface area contributed by atoms with Crippen LogP contribution in [0.5, 0.6) is 17.2 Å². The van der Waals surface area contributed by atoms with Crippen LogP contribution in [0.15, 0.2) is 72.8 Å². The van der Waals surface area contributed by atoms with Crippen LogP contribution >= 0.6 is 0 Å². The molecule has 33 heavy (non-hydrogen) atoms. The minimum atomic E-state index is -0.584. The fraction of sp³-hybridized carbons (Fsp3) is 0.231.